The summed E-state index contributed by atoms with van der Waals surface area (Å²) in [7, 11) is 0. The summed E-state index contributed by atoms with van der Waals surface area (Å²) >= 11 is 0. The minimum absolute atomic E-state index is 0. The zero-order valence-electron chi connectivity index (χ0n) is 19.3. The molecular formula is C25H33NaO9. The predicted molar refractivity (Wildman–Crippen MR) is 124 cm³/mol. The van der Waals surface area contributed by atoms with Crippen LogP contribution in [0.5, 0.6) is 0 Å². The van der Waals surface area contributed by atoms with Crippen LogP contribution in [0.3, 0.4) is 0 Å². The summed E-state index contributed by atoms with van der Waals surface area (Å²) in [5, 5.41) is 52.0. The van der Waals surface area contributed by atoms with Crippen molar-refractivity contribution >= 4 is 53.1 Å². The van der Waals surface area contributed by atoms with E-state index in [0.29, 0.717) is 19.3 Å². The Morgan fingerprint density at radius 2 is 1.83 bits per heavy atom. The molecule has 0 bridgehead atoms. The van der Waals surface area contributed by atoms with Crippen LogP contribution < -0.4 is 0 Å². The predicted octanol–water partition coefficient (Wildman–Crippen LogP) is 0.453. The van der Waals surface area contributed by atoms with Gasteiger partial charge < -0.3 is 25.5 Å². The molecule has 0 aromatic rings. The zero-order chi connectivity index (χ0) is 25.2. The molecule has 0 radical (unpaired) electrons. The molecule has 5 N–H and O–H groups in total. The number of Topliss-reactive ketones (excluding diaryl/α,β-unsaturated/α-hetero) is 1. The summed E-state index contributed by atoms with van der Waals surface area (Å²) in [5.41, 5.74) is -2.76. The first kappa shape index (κ1) is 28.2. The van der Waals surface area contributed by atoms with Gasteiger partial charge in [0.1, 0.15) is 17.6 Å². The number of aliphatic carboxylic acids is 2. The first-order valence-electron chi connectivity index (χ1n) is 11.8. The molecule has 3 fully saturated rings. The van der Waals surface area contributed by atoms with E-state index in [1.54, 1.807) is 13.0 Å². The summed E-state index contributed by atoms with van der Waals surface area (Å²) < 4.78 is 0. The van der Waals surface area contributed by atoms with Crippen LogP contribution in [0, 0.1) is 34.5 Å². The van der Waals surface area contributed by atoms with Gasteiger partial charge in [0.05, 0.1) is 12.5 Å². The Morgan fingerprint density at radius 1 is 1.17 bits per heavy atom. The van der Waals surface area contributed by atoms with Crippen LogP contribution in [-0.2, 0) is 19.2 Å². The Kier molecular flexibility index (Phi) is 7.66. The van der Waals surface area contributed by atoms with Crippen molar-refractivity contribution in [1.82, 2.24) is 0 Å². The van der Waals surface area contributed by atoms with Crippen molar-refractivity contribution in [2.45, 2.75) is 70.2 Å². The summed E-state index contributed by atoms with van der Waals surface area (Å²) in [5.74, 6) is -6.60. The second-order valence-corrected chi connectivity index (χ2v) is 11.0. The molecule has 0 heterocycles. The minimum atomic E-state index is -2.19. The van der Waals surface area contributed by atoms with Gasteiger partial charge in [0.25, 0.3) is 0 Å². The number of hydrogen-bond acceptors (Lipinski definition) is 7. The maximum absolute atomic E-state index is 13.4. The molecule has 35 heavy (non-hydrogen) atoms. The van der Waals surface area contributed by atoms with Gasteiger partial charge in [0, 0.05) is 16.7 Å². The van der Waals surface area contributed by atoms with E-state index in [2.05, 4.69) is 0 Å². The molecular weight excluding hydrogens is 467 g/mol. The number of allylic oxidation sites excluding steroid dienone is 4. The summed E-state index contributed by atoms with van der Waals surface area (Å²) in [6.07, 6.45) is 2.81. The van der Waals surface area contributed by atoms with Gasteiger partial charge in [-0.1, -0.05) is 25.5 Å². The molecule has 0 saturated heterocycles. The van der Waals surface area contributed by atoms with Gasteiger partial charge in [0.2, 0.25) is 0 Å². The van der Waals surface area contributed by atoms with Gasteiger partial charge in [-0.25, -0.2) is 0 Å². The zero-order valence-corrected chi connectivity index (χ0v) is 19.3. The quantitative estimate of drug-likeness (QED) is 0.325. The van der Waals surface area contributed by atoms with E-state index >= 15 is 0 Å². The number of fused-ring (bicyclic) bond motifs is 5. The van der Waals surface area contributed by atoms with Crippen LogP contribution >= 0.6 is 0 Å². The first-order chi connectivity index (χ1) is 15.8. The summed E-state index contributed by atoms with van der Waals surface area (Å²) in [6, 6.07) is 0. The first-order valence-corrected chi connectivity index (χ1v) is 11.8. The van der Waals surface area contributed by atoms with Gasteiger partial charge in [-0.3, -0.25) is 19.2 Å². The van der Waals surface area contributed by atoms with E-state index in [0.717, 1.165) is 5.57 Å². The molecule has 188 valence electrons. The molecule has 4 aliphatic carbocycles. The third-order valence-electron chi connectivity index (χ3n) is 9.42. The molecule has 2 unspecified atom stereocenters. The normalized spacial score (nSPS) is 41.4. The number of carboxylic acids is 2. The van der Waals surface area contributed by atoms with Crippen LogP contribution in [0.15, 0.2) is 23.8 Å². The number of carbonyl (C=O) groups is 4. The molecule has 0 aromatic carbocycles. The van der Waals surface area contributed by atoms with Crippen LogP contribution in [0.25, 0.3) is 0 Å². The van der Waals surface area contributed by atoms with E-state index < -0.39 is 58.7 Å². The van der Waals surface area contributed by atoms with Gasteiger partial charge in [-0.15, -0.1) is 0 Å². The van der Waals surface area contributed by atoms with E-state index in [1.165, 1.54) is 6.08 Å². The maximum atomic E-state index is 13.4. The Morgan fingerprint density at radius 3 is 2.43 bits per heavy atom. The van der Waals surface area contributed by atoms with Crippen LogP contribution in [0.2, 0.25) is 0 Å². The van der Waals surface area contributed by atoms with Crippen molar-refractivity contribution in [2.24, 2.45) is 34.5 Å². The van der Waals surface area contributed by atoms with Crippen molar-refractivity contribution < 1.29 is 44.7 Å². The summed E-state index contributed by atoms with van der Waals surface area (Å²) in [6.45, 7) is 3.71. The van der Waals surface area contributed by atoms with Crippen LogP contribution in [-0.4, -0.2) is 96.4 Å². The summed E-state index contributed by atoms with van der Waals surface area (Å²) in [4.78, 5) is 47.9. The van der Waals surface area contributed by atoms with Gasteiger partial charge in [-0.05, 0) is 56.1 Å². The fourth-order valence-corrected chi connectivity index (χ4v) is 7.68. The molecule has 3 saturated carbocycles. The van der Waals surface area contributed by atoms with Gasteiger partial charge in [0.15, 0.2) is 11.6 Å². The number of carbonyl (C=O) groups excluding carboxylic acids is 2. The van der Waals surface area contributed by atoms with Crippen molar-refractivity contribution in [3.8, 4) is 0 Å². The number of aliphatic hydroxyl groups excluding tert-OH is 2. The number of rotatable bonds is 6. The molecule has 0 amide bonds. The van der Waals surface area contributed by atoms with Crippen molar-refractivity contribution in [1.29, 1.82) is 0 Å². The number of ketones is 2. The molecule has 4 rings (SSSR count). The molecule has 0 aliphatic heterocycles. The average molecular weight is 501 g/mol. The Labute approximate surface area is 225 Å². The molecule has 9 atom stereocenters. The SMILES string of the molecule is C[C@]12C=CC(=O)C=C1CC[C@@H]1[C@@H]2[C@@H](O)C[C@@]2(C)[C@H]1CC[C@]2(O)C(=O)C(O)C(CC(=O)O)C(=O)O.[NaH]. The number of carboxylic acid groups (broad SMARTS) is 2. The van der Waals surface area contributed by atoms with Crippen molar-refractivity contribution in [3.63, 3.8) is 0 Å². The fraction of sp³-hybridized carbons (Fsp3) is 0.680. The van der Waals surface area contributed by atoms with E-state index in [1.807, 2.05) is 13.0 Å². The fourth-order valence-electron chi connectivity index (χ4n) is 7.68. The van der Waals surface area contributed by atoms with Crippen LogP contribution in [0.4, 0.5) is 0 Å². The monoisotopic (exact) mass is 500 g/mol. The molecule has 4 aliphatic rings. The second-order valence-electron chi connectivity index (χ2n) is 11.0. The topological polar surface area (TPSA) is 169 Å². The Bertz CT molecular complexity index is 1000. The molecule has 9 nitrogen and oxygen atoms in total. The van der Waals surface area contributed by atoms with E-state index in [-0.39, 0.29) is 65.9 Å². The van der Waals surface area contributed by atoms with Gasteiger partial charge >= 0.3 is 41.5 Å². The van der Waals surface area contributed by atoms with Crippen molar-refractivity contribution in [3.05, 3.63) is 23.8 Å². The Balaban J connectivity index is 0.00000342. The molecule has 0 spiro atoms. The molecule has 10 heteroatoms. The second kappa shape index (κ2) is 9.50. The molecule has 0 aromatic heterocycles. The van der Waals surface area contributed by atoms with E-state index in [9.17, 15) is 39.6 Å². The van der Waals surface area contributed by atoms with Crippen LogP contribution in [0.1, 0.15) is 52.4 Å². The number of hydrogen-bond donors (Lipinski definition) is 5. The van der Waals surface area contributed by atoms with Crippen molar-refractivity contribution in [2.75, 3.05) is 0 Å². The Hall–Kier alpha value is -1.36. The standard InChI is InChI=1S/C25H32O9.Na.H/c1-23-7-5-13(26)9-12(23)3-4-14-16-6-8-25(34,24(16,2)11-17(27)19(14)23)21(31)20(30)15(22(32)33)10-18(28)29;;/h5,7,9,14-17,19-20,27,30,34H,3-4,6,8,10-11H2,1-2H3,(H,28,29)(H,32,33);;/t14-,15?,16-,17-,19+,20?,23-,24-,25-;;/m0../s1. The third kappa shape index (κ3) is 4.18. The van der Waals surface area contributed by atoms with E-state index in [4.69, 9.17) is 5.11 Å². The average Bonchev–Trinajstić information content (AvgIpc) is 3.02. The van der Waals surface area contributed by atoms with Gasteiger partial charge in [-0.2, -0.15) is 0 Å². The number of aliphatic hydroxyl groups is 3. The third-order valence-corrected chi connectivity index (χ3v) is 9.42.